The number of hydrogen-bond donors (Lipinski definition) is 1. The van der Waals surface area contributed by atoms with E-state index in [4.69, 9.17) is 0 Å². The fraction of sp³-hybridized carbons (Fsp3) is 0.0714. The van der Waals surface area contributed by atoms with Crippen molar-refractivity contribution >= 4 is 11.6 Å². The van der Waals surface area contributed by atoms with Crippen LogP contribution in [0.1, 0.15) is 10.5 Å². The number of nitrogens with one attached hydrogen (secondary N) is 1. The summed E-state index contributed by atoms with van der Waals surface area (Å²) in [7, 11) is 1.59. The Kier molecular flexibility index (Phi) is 2.72. The highest BCUT2D eigenvalue weighted by Crippen LogP contribution is 2.22. The molecule has 94 valence electrons. The van der Waals surface area contributed by atoms with Gasteiger partial charge in [-0.3, -0.25) is 4.79 Å². The van der Waals surface area contributed by atoms with Gasteiger partial charge in [0.1, 0.15) is 5.69 Å². The number of fused-ring (bicyclic) bond motifs is 1. The molecule has 1 amide bonds. The van der Waals surface area contributed by atoms with E-state index in [0.29, 0.717) is 11.3 Å². The van der Waals surface area contributed by atoms with Crippen molar-refractivity contribution in [3.05, 3.63) is 54.5 Å². The number of carbonyl (C=O) groups is 1. The van der Waals surface area contributed by atoms with E-state index in [1.165, 1.54) is 0 Å². The van der Waals surface area contributed by atoms with Crippen LogP contribution in [0.5, 0.6) is 0 Å². The second-order valence-corrected chi connectivity index (χ2v) is 4.08. The number of benzene rings is 1. The first-order chi connectivity index (χ1) is 9.29. The molecular weight excluding hydrogens is 240 g/mol. The maximum Gasteiger partial charge on any atom is 0.269 e. The number of nitrogens with zero attached hydrogens (tertiary/aromatic N) is 3. The third-order valence-corrected chi connectivity index (χ3v) is 2.91. The summed E-state index contributed by atoms with van der Waals surface area (Å²) in [6, 6.07) is 11.5. The third kappa shape index (κ3) is 1.95. The van der Waals surface area contributed by atoms with Crippen molar-refractivity contribution in [1.29, 1.82) is 0 Å². The molecular formula is C14H12N4O. The van der Waals surface area contributed by atoms with Crippen LogP contribution >= 0.6 is 0 Å². The average Bonchev–Trinajstić information content (AvgIpc) is 2.90. The Morgan fingerprint density at radius 1 is 1.21 bits per heavy atom. The lowest BCUT2D eigenvalue weighted by Gasteiger charge is -2.01. The van der Waals surface area contributed by atoms with Crippen LogP contribution in [0.4, 0.5) is 0 Å². The van der Waals surface area contributed by atoms with Gasteiger partial charge in [0, 0.05) is 18.8 Å². The van der Waals surface area contributed by atoms with Crippen molar-refractivity contribution in [3.63, 3.8) is 0 Å². The van der Waals surface area contributed by atoms with E-state index in [9.17, 15) is 4.79 Å². The molecule has 0 aliphatic rings. The molecule has 1 aromatic carbocycles. The first kappa shape index (κ1) is 11.4. The van der Waals surface area contributed by atoms with Gasteiger partial charge >= 0.3 is 0 Å². The van der Waals surface area contributed by atoms with Crippen LogP contribution in [0, 0.1) is 0 Å². The van der Waals surface area contributed by atoms with Gasteiger partial charge in [-0.25, -0.2) is 9.50 Å². The highest BCUT2D eigenvalue weighted by molar-refractivity contribution is 5.93. The lowest BCUT2D eigenvalue weighted by Crippen LogP contribution is -2.19. The van der Waals surface area contributed by atoms with Gasteiger partial charge in [-0.2, -0.15) is 5.10 Å². The largest absolute Gasteiger partial charge is 0.354 e. The molecule has 19 heavy (non-hydrogen) atoms. The molecule has 0 fully saturated rings. The minimum atomic E-state index is -0.206. The number of aromatic nitrogens is 3. The summed E-state index contributed by atoms with van der Waals surface area (Å²) < 4.78 is 1.66. The minimum Gasteiger partial charge on any atom is -0.354 e. The molecule has 0 unspecified atom stereocenters. The van der Waals surface area contributed by atoms with E-state index >= 15 is 0 Å². The van der Waals surface area contributed by atoms with Gasteiger partial charge in [0.05, 0.1) is 6.20 Å². The summed E-state index contributed by atoms with van der Waals surface area (Å²) in [6.45, 7) is 0. The molecule has 0 saturated carbocycles. The Morgan fingerprint density at radius 3 is 2.74 bits per heavy atom. The van der Waals surface area contributed by atoms with Crippen molar-refractivity contribution in [3.8, 4) is 11.1 Å². The molecule has 0 aliphatic carbocycles. The predicted molar refractivity (Wildman–Crippen MR) is 71.8 cm³/mol. The standard InChI is InChI=1S/C14H12N4O/c1-15-14(19)12-7-8-18-13(17-12)11(9-16-18)10-5-3-2-4-6-10/h2-9H,1H3,(H,15,19). The zero-order valence-corrected chi connectivity index (χ0v) is 10.4. The molecule has 0 atom stereocenters. The second-order valence-electron chi connectivity index (χ2n) is 4.08. The van der Waals surface area contributed by atoms with Gasteiger partial charge in [0.2, 0.25) is 0 Å². The van der Waals surface area contributed by atoms with Crippen molar-refractivity contribution in [2.45, 2.75) is 0 Å². The first-order valence-electron chi connectivity index (χ1n) is 5.91. The summed E-state index contributed by atoms with van der Waals surface area (Å²) >= 11 is 0. The Morgan fingerprint density at radius 2 is 2.00 bits per heavy atom. The van der Waals surface area contributed by atoms with E-state index < -0.39 is 0 Å². The molecule has 0 spiro atoms. The Hall–Kier alpha value is -2.69. The lowest BCUT2D eigenvalue weighted by molar-refractivity contribution is 0.0958. The van der Waals surface area contributed by atoms with Gasteiger partial charge in [-0.1, -0.05) is 30.3 Å². The Labute approximate surface area is 109 Å². The van der Waals surface area contributed by atoms with E-state index in [1.54, 1.807) is 30.0 Å². The number of carbonyl (C=O) groups excluding carboxylic acids is 1. The van der Waals surface area contributed by atoms with Crippen LogP contribution < -0.4 is 5.32 Å². The molecule has 0 saturated heterocycles. The maximum absolute atomic E-state index is 11.6. The van der Waals surface area contributed by atoms with Gasteiger partial charge in [0.25, 0.3) is 5.91 Å². The third-order valence-electron chi connectivity index (χ3n) is 2.91. The first-order valence-corrected chi connectivity index (χ1v) is 5.91. The topological polar surface area (TPSA) is 59.3 Å². The highest BCUT2D eigenvalue weighted by Gasteiger charge is 2.11. The molecule has 0 radical (unpaired) electrons. The summed E-state index contributed by atoms with van der Waals surface area (Å²) in [4.78, 5) is 16.0. The number of rotatable bonds is 2. The Balaban J connectivity index is 2.19. The predicted octanol–water partition coefficient (Wildman–Crippen LogP) is 1.76. The van der Waals surface area contributed by atoms with Gasteiger partial charge < -0.3 is 5.32 Å². The van der Waals surface area contributed by atoms with E-state index in [-0.39, 0.29) is 5.91 Å². The van der Waals surface area contributed by atoms with E-state index in [0.717, 1.165) is 11.1 Å². The van der Waals surface area contributed by atoms with Crippen molar-refractivity contribution in [2.24, 2.45) is 0 Å². The van der Waals surface area contributed by atoms with Crippen molar-refractivity contribution in [2.75, 3.05) is 7.05 Å². The van der Waals surface area contributed by atoms with E-state index in [1.807, 2.05) is 30.3 Å². The van der Waals surface area contributed by atoms with Crippen LogP contribution in [-0.2, 0) is 0 Å². The Bertz CT molecular complexity index is 734. The number of amides is 1. The van der Waals surface area contributed by atoms with Gasteiger partial charge in [-0.15, -0.1) is 0 Å². The summed E-state index contributed by atoms with van der Waals surface area (Å²) in [5, 5.41) is 6.81. The fourth-order valence-corrected chi connectivity index (χ4v) is 1.94. The van der Waals surface area contributed by atoms with Crippen LogP contribution in [0.3, 0.4) is 0 Å². The minimum absolute atomic E-state index is 0.206. The zero-order valence-electron chi connectivity index (χ0n) is 10.4. The molecule has 2 heterocycles. The molecule has 0 bridgehead atoms. The van der Waals surface area contributed by atoms with Crippen LogP contribution in [0.2, 0.25) is 0 Å². The lowest BCUT2D eigenvalue weighted by atomic mass is 10.1. The molecule has 3 rings (SSSR count). The monoisotopic (exact) mass is 252 g/mol. The van der Waals surface area contributed by atoms with Gasteiger partial charge in [0.15, 0.2) is 5.65 Å². The normalized spacial score (nSPS) is 10.6. The molecule has 5 heteroatoms. The van der Waals surface area contributed by atoms with Crippen LogP contribution in [0.15, 0.2) is 48.8 Å². The van der Waals surface area contributed by atoms with Crippen molar-refractivity contribution in [1.82, 2.24) is 19.9 Å². The molecule has 5 nitrogen and oxygen atoms in total. The molecule has 0 aliphatic heterocycles. The molecule has 3 aromatic rings. The zero-order chi connectivity index (χ0) is 13.2. The van der Waals surface area contributed by atoms with Crippen molar-refractivity contribution < 1.29 is 4.79 Å². The summed E-state index contributed by atoms with van der Waals surface area (Å²) in [5.41, 5.74) is 2.99. The molecule has 2 aromatic heterocycles. The van der Waals surface area contributed by atoms with Crippen LogP contribution in [0.25, 0.3) is 16.8 Å². The van der Waals surface area contributed by atoms with Gasteiger partial charge in [-0.05, 0) is 11.6 Å². The highest BCUT2D eigenvalue weighted by atomic mass is 16.1. The average molecular weight is 252 g/mol. The van der Waals surface area contributed by atoms with Crippen LogP contribution in [-0.4, -0.2) is 27.6 Å². The SMILES string of the molecule is CNC(=O)c1ccn2ncc(-c3ccccc3)c2n1. The summed E-state index contributed by atoms with van der Waals surface area (Å²) in [5.74, 6) is -0.206. The number of hydrogen-bond acceptors (Lipinski definition) is 3. The fourth-order valence-electron chi connectivity index (χ4n) is 1.94. The quantitative estimate of drug-likeness (QED) is 0.756. The maximum atomic E-state index is 11.6. The van der Waals surface area contributed by atoms with E-state index in [2.05, 4.69) is 15.4 Å². The second kappa shape index (κ2) is 4.53. The summed E-state index contributed by atoms with van der Waals surface area (Å²) in [6.07, 6.45) is 3.49. The molecule has 1 N–H and O–H groups in total. The smallest absolute Gasteiger partial charge is 0.269 e.